The van der Waals surface area contributed by atoms with Gasteiger partial charge in [0, 0.05) is 11.1 Å². The number of nitrogen functional groups attached to an aromatic ring is 1. The summed E-state index contributed by atoms with van der Waals surface area (Å²) < 4.78 is 0. The molecule has 1 amide bonds. The molecule has 0 atom stereocenters. The van der Waals surface area contributed by atoms with Gasteiger partial charge in [-0.15, -0.1) is 23.1 Å². The SMILES string of the molecule is CSc1ccc(C(=O)Nc2cc(-c3cccs3)ccc2N)cn1. The van der Waals surface area contributed by atoms with Crippen molar-refractivity contribution in [1.82, 2.24) is 4.98 Å². The molecule has 4 nitrogen and oxygen atoms in total. The van der Waals surface area contributed by atoms with Gasteiger partial charge >= 0.3 is 0 Å². The predicted octanol–water partition coefficient (Wildman–Crippen LogP) is 4.37. The largest absolute Gasteiger partial charge is 0.397 e. The Labute approximate surface area is 142 Å². The minimum Gasteiger partial charge on any atom is -0.397 e. The minimum atomic E-state index is -0.222. The molecular weight excluding hydrogens is 326 g/mol. The molecule has 116 valence electrons. The van der Waals surface area contributed by atoms with Crippen LogP contribution in [-0.4, -0.2) is 17.1 Å². The molecular formula is C17H15N3OS2. The fourth-order valence-corrected chi connectivity index (χ4v) is 3.18. The summed E-state index contributed by atoms with van der Waals surface area (Å²) in [6.07, 6.45) is 3.51. The number of anilines is 2. The lowest BCUT2D eigenvalue weighted by Crippen LogP contribution is -2.13. The highest BCUT2D eigenvalue weighted by Gasteiger charge is 2.10. The second kappa shape index (κ2) is 6.85. The van der Waals surface area contributed by atoms with Crippen molar-refractivity contribution in [2.24, 2.45) is 0 Å². The van der Waals surface area contributed by atoms with E-state index in [0.717, 1.165) is 15.5 Å². The number of thiophene rings is 1. The molecule has 2 aromatic heterocycles. The second-order valence-corrected chi connectivity index (χ2v) is 6.60. The molecule has 3 N–H and O–H groups in total. The molecule has 0 aliphatic carbocycles. The fraction of sp³-hybridized carbons (Fsp3) is 0.0588. The van der Waals surface area contributed by atoms with Crippen LogP contribution in [0.25, 0.3) is 10.4 Å². The lowest BCUT2D eigenvalue weighted by molar-refractivity contribution is 0.102. The van der Waals surface area contributed by atoms with E-state index < -0.39 is 0 Å². The third-order valence-electron chi connectivity index (χ3n) is 3.31. The van der Waals surface area contributed by atoms with Crippen molar-refractivity contribution in [2.75, 3.05) is 17.3 Å². The molecule has 0 aliphatic heterocycles. The summed E-state index contributed by atoms with van der Waals surface area (Å²) in [5.74, 6) is -0.222. The van der Waals surface area contributed by atoms with Crippen molar-refractivity contribution >= 4 is 40.4 Å². The van der Waals surface area contributed by atoms with E-state index >= 15 is 0 Å². The summed E-state index contributed by atoms with van der Waals surface area (Å²) in [4.78, 5) is 17.7. The Kier molecular flexibility index (Phi) is 4.64. The van der Waals surface area contributed by atoms with Crippen molar-refractivity contribution in [3.63, 3.8) is 0 Å². The molecule has 23 heavy (non-hydrogen) atoms. The van der Waals surface area contributed by atoms with Crippen LogP contribution in [0.5, 0.6) is 0 Å². The number of carbonyl (C=O) groups is 1. The van der Waals surface area contributed by atoms with Gasteiger partial charge in [0.15, 0.2) is 0 Å². The average molecular weight is 341 g/mol. The molecule has 0 saturated heterocycles. The Balaban J connectivity index is 1.83. The van der Waals surface area contributed by atoms with Crippen LogP contribution in [0.2, 0.25) is 0 Å². The molecule has 0 saturated carbocycles. The quantitative estimate of drug-likeness (QED) is 0.546. The maximum Gasteiger partial charge on any atom is 0.257 e. The Hall–Kier alpha value is -2.31. The normalized spacial score (nSPS) is 10.5. The molecule has 0 fully saturated rings. The van der Waals surface area contributed by atoms with Crippen molar-refractivity contribution < 1.29 is 4.79 Å². The first-order chi connectivity index (χ1) is 11.2. The Bertz CT molecular complexity index is 814. The number of rotatable bonds is 4. The summed E-state index contributed by atoms with van der Waals surface area (Å²) in [7, 11) is 0. The number of carbonyl (C=O) groups excluding carboxylic acids is 1. The minimum absolute atomic E-state index is 0.222. The van der Waals surface area contributed by atoms with Crippen molar-refractivity contribution in [3.8, 4) is 10.4 Å². The molecule has 0 bridgehead atoms. The number of thioether (sulfide) groups is 1. The molecule has 3 aromatic rings. The fourth-order valence-electron chi connectivity index (χ4n) is 2.09. The van der Waals surface area contributed by atoms with Gasteiger partial charge in [-0.3, -0.25) is 4.79 Å². The summed E-state index contributed by atoms with van der Waals surface area (Å²) in [5, 5.41) is 5.75. The predicted molar refractivity (Wildman–Crippen MR) is 98.1 cm³/mol. The maximum absolute atomic E-state index is 12.4. The number of pyridine rings is 1. The number of nitrogens with two attached hydrogens (primary N) is 1. The van der Waals surface area contributed by atoms with Crippen LogP contribution in [0.4, 0.5) is 11.4 Å². The average Bonchev–Trinajstić information content (AvgIpc) is 3.11. The monoisotopic (exact) mass is 341 g/mol. The molecule has 0 unspecified atom stereocenters. The number of nitrogens with zero attached hydrogens (tertiary/aromatic N) is 1. The third kappa shape index (κ3) is 3.55. The van der Waals surface area contributed by atoms with Crippen LogP contribution >= 0.6 is 23.1 Å². The van der Waals surface area contributed by atoms with Crippen LogP contribution in [-0.2, 0) is 0 Å². The first-order valence-corrected chi connectivity index (χ1v) is 9.02. The first-order valence-electron chi connectivity index (χ1n) is 6.92. The van der Waals surface area contributed by atoms with E-state index in [-0.39, 0.29) is 5.91 Å². The van der Waals surface area contributed by atoms with Crippen LogP contribution in [0, 0.1) is 0 Å². The number of aromatic nitrogens is 1. The summed E-state index contributed by atoms with van der Waals surface area (Å²) in [6.45, 7) is 0. The molecule has 3 rings (SSSR count). The van der Waals surface area contributed by atoms with E-state index in [1.54, 1.807) is 29.7 Å². The zero-order chi connectivity index (χ0) is 16.2. The van der Waals surface area contributed by atoms with Crippen LogP contribution < -0.4 is 11.1 Å². The van der Waals surface area contributed by atoms with Gasteiger partial charge in [-0.1, -0.05) is 12.1 Å². The van der Waals surface area contributed by atoms with Crippen molar-refractivity contribution in [2.45, 2.75) is 5.03 Å². The number of benzene rings is 1. The Morgan fingerprint density at radius 2 is 2.13 bits per heavy atom. The zero-order valence-corrected chi connectivity index (χ0v) is 14.1. The third-order valence-corrected chi connectivity index (χ3v) is 4.89. The van der Waals surface area contributed by atoms with Gasteiger partial charge in [0.1, 0.15) is 0 Å². The molecule has 0 radical (unpaired) electrons. The lowest BCUT2D eigenvalue weighted by atomic mass is 10.1. The van der Waals surface area contributed by atoms with E-state index in [9.17, 15) is 4.79 Å². The number of nitrogens with one attached hydrogen (secondary N) is 1. The summed E-state index contributed by atoms with van der Waals surface area (Å²) in [5.41, 5.74) is 8.66. The van der Waals surface area contributed by atoms with E-state index in [1.807, 2.05) is 42.0 Å². The first kappa shape index (κ1) is 15.6. The zero-order valence-electron chi connectivity index (χ0n) is 12.4. The Morgan fingerprint density at radius 1 is 1.26 bits per heavy atom. The van der Waals surface area contributed by atoms with Crippen LogP contribution in [0.1, 0.15) is 10.4 Å². The highest BCUT2D eigenvalue weighted by atomic mass is 32.2. The van der Waals surface area contributed by atoms with E-state index in [0.29, 0.717) is 16.9 Å². The number of amides is 1. The smallest absolute Gasteiger partial charge is 0.257 e. The highest BCUT2D eigenvalue weighted by molar-refractivity contribution is 7.98. The van der Waals surface area contributed by atoms with Gasteiger partial charge in [0.05, 0.1) is 22.0 Å². The van der Waals surface area contributed by atoms with Gasteiger partial charge in [0.2, 0.25) is 0 Å². The van der Waals surface area contributed by atoms with E-state index in [1.165, 1.54) is 11.8 Å². The van der Waals surface area contributed by atoms with Crippen LogP contribution in [0.15, 0.2) is 59.1 Å². The molecule has 6 heteroatoms. The Morgan fingerprint density at radius 3 is 2.78 bits per heavy atom. The second-order valence-electron chi connectivity index (χ2n) is 4.82. The van der Waals surface area contributed by atoms with Crippen molar-refractivity contribution in [1.29, 1.82) is 0 Å². The van der Waals surface area contributed by atoms with Crippen LogP contribution in [0.3, 0.4) is 0 Å². The van der Waals surface area contributed by atoms with Gasteiger partial charge in [-0.05, 0) is 47.5 Å². The lowest BCUT2D eigenvalue weighted by Gasteiger charge is -2.10. The standard InChI is InChI=1S/C17H15N3OS2/c1-22-16-7-5-12(10-19-16)17(21)20-14-9-11(4-6-13(14)18)15-3-2-8-23-15/h2-10H,18H2,1H3,(H,20,21). The topological polar surface area (TPSA) is 68.0 Å². The maximum atomic E-state index is 12.4. The number of hydrogen-bond donors (Lipinski definition) is 2. The van der Waals surface area contributed by atoms with Crippen molar-refractivity contribution in [3.05, 3.63) is 59.6 Å². The van der Waals surface area contributed by atoms with Gasteiger partial charge in [-0.2, -0.15) is 0 Å². The van der Waals surface area contributed by atoms with Gasteiger partial charge in [-0.25, -0.2) is 4.98 Å². The highest BCUT2D eigenvalue weighted by Crippen LogP contribution is 2.30. The molecule has 0 aliphatic rings. The molecule has 0 spiro atoms. The van der Waals surface area contributed by atoms with Gasteiger partial charge < -0.3 is 11.1 Å². The summed E-state index contributed by atoms with van der Waals surface area (Å²) >= 11 is 3.18. The molecule has 1 aromatic carbocycles. The van der Waals surface area contributed by atoms with E-state index in [4.69, 9.17) is 5.73 Å². The number of hydrogen-bond acceptors (Lipinski definition) is 5. The molecule has 2 heterocycles. The van der Waals surface area contributed by atoms with Gasteiger partial charge in [0.25, 0.3) is 5.91 Å². The van der Waals surface area contributed by atoms with E-state index in [2.05, 4.69) is 10.3 Å². The summed E-state index contributed by atoms with van der Waals surface area (Å²) in [6, 6.07) is 13.3.